The summed E-state index contributed by atoms with van der Waals surface area (Å²) in [6.07, 6.45) is 1.17. The van der Waals surface area contributed by atoms with Crippen molar-refractivity contribution in [3.63, 3.8) is 0 Å². The Morgan fingerprint density at radius 2 is 1.72 bits per heavy atom. The van der Waals surface area contributed by atoms with E-state index < -0.39 is 5.97 Å². The van der Waals surface area contributed by atoms with Gasteiger partial charge in [0, 0.05) is 28.2 Å². The summed E-state index contributed by atoms with van der Waals surface area (Å²) >= 11 is 0. The van der Waals surface area contributed by atoms with Crippen molar-refractivity contribution in [2.45, 2.75) is 66.2 Å². The molecule has 3 rings (SSSR count). The minimum absolute atomic E-state index is 0.0392. The highest BCUT2D eigenvalue weighted by atomic mass is 16.5. The molecule has 0 fully saturated rings. The van der Waals surface area contributed by atoms with Gasteiger partial charge in [-0.15, -0.1) is 0 Å². The number of rotatable bonds is 5. The Morgan fingerprint density at radius 1 is 1.03 bits per heavy atom. The fraction of sp³-hybridized carbons (Fsp3) is 0.393. The lowest BCUT2D eigenvalue weighted by atomic mass is 9.78. The monoisotopic (exact) mass is 434 g/mol. The second kappa shape index (κ2) is 8.50. The minimum Gasteiger partial charge on any atom is -0.493 e. The van der Waals surface area contributed by atoms with Crippen LogP contribution in [-0.2, 0) is 15.6 Å². The molecule has 0 saturated carbocycles. The highest BCUT2D eigenvalue weighted by Crippen LogP contribution is 2.45. The van der Waals surface area contributed by atoms with Crippen molar-refractivity contribution in [1.29, 1.82) is 0 Å². The topological polar surface area (TPSA) is 59.7 Å². The van der Waals surface area contributed by atoms with E-state index in [1.807, 2.05) is 31.2 Å². The Kier molecular flexibility index (Phi) is 6.28. The van der Waals surface area contributed by atoms with Gasteiger partial charge < -0.3 is 14.3 Å². The quantitative estimate of drug-likeness (QED) is 0.420. The third kappa shape index (κ3) is 4.74. The third-order valence-electron chi connectivity index (χ3n) is 5.61. The fourth-order valence-corrected chi connectivity index (χ4v) is 3.84. The minimum atomic E-state index is -0.991. The maximum absolute atomic E-state index is 11.1. The second-order valence-electron chi connectivity index (χ2n) is 10.3. The van der Waals surface area contributed by atoms with Crippen molar-refractivity contribution in [3.05, 3.63) is 59.4 Å². The standard InChI is InChI=1S/C28H34O4/c1-9-31-26-21(15-19(27(3,4)5)16-22(26)28(6,7)8)20-12-10-11-18-14-23(32-25(18)20)17(2)13-24(29)30/h10-16H,9H2,1-8H3,(H,29,30)/b17-13-. The van der Waals surface area contributed by atoms with Crippen LogP contribution in [0.4, 0.5) is 0 Å². The first-order chi connectivity index (χ1) is 14.8. The van der Waals surface area contributed by atoms with Gasteiger partial charge in [0.1, 0.15) is 17.1 Å². The summed E-state index contributed by atoms with van der Waals surface area (Å²) in [5.74, 6) is 0.432. The van der Waals surface area contributed by atoms with E-state index in [1.165, 1.54) is 11.6 Å². The molecule has 0 aliphatic carbocycles. The number of hydrogen-bond donors (Lipinski definition) is 1. The summed E-state index contributed by atoms with van der Waals surface area (Å²) in [6, 6.07) is 12.4. The Hall–Kier alpha value is -3.01. The van der Waals surface area contributed by atoms with Crippen LogP contribution in [0, 0.1) is 0 Å². The molecule has 1 N–H and O–H groups in total. The van der Waals surface area contributed by atoms with Gasteiger partial charge in [-0.2, -0.15) is 0 Å². The van der Waals surface area contributed by atoms with Gasteiger partial charge in [-0.05, 0) is 47.9 Å². The first-order valence-electron chi connectivity index (χ1n) is 11.1. The molecule has 1 heterocycles. The van der Waals surface area contributed by atoms with Crippen molar-refractivity contribution in [3.8, 4) is 16.9 Å². The summed E-state index contributed by atoms with van der Waals surface area (Å²) in [6.45, 7) is 17.5. The van der Waals surface area contributed by atoms with Crippen LogP contribution in [0.2, 0.25) is 0 Å². The lowest BCUT2D eigenvalue weighted by Crippen LogP contribution is -2.18. The number of carboxylic acids is 1. The maximum atomic E-state index is 11.1. The van der Waals surface area contributed by atoms with E-state index in [-0.39, 0.29) is 10.8 Å². The SMILES string of the molecule is CCOc1c(-c2cccc3cc(/C(C)=C\C(=O)O)oc23)cc(C(C)(C)C)cc1C(C)(C)C. The number of benzene rings is 2. The van der Waals surface area contributed by atoms with Crippen molar-refractivity contribution in [2.24, 2.45) is 0 Å². The van der Waals surface area contributed by atoms with Crippen LogP contribution < -0.4 is 4.74 Å². The normalized spacial score (nSPS) is 12.9. The largest absolute Gasteiger partial charge is 0.493 e. The van der Waals surface area contributed by atoms with Crippen LogP contribution >= 0.6 is 0 Å². The molecular formula is C28H34O4. The number of ether oxygens (including phenoxy) is 1. The van der Waals surface area contributed by atoms with Gasteiger partial charge in [0.25, 0.3) is 0 Å². The Morgan fingerprint density at radius 3 is 2.28 bits per heavy atom. The Bertz CT molecular complexity index is 1180. The van der Waals surface area contributed by atoms with E-state index in [9.17, 15) is 4.79 Å². The molecule has 0 aliphatic heterocycles. The summed E-state index contributed by atoms with van der Waals surface area (Å²) in [7, 11) is 0. The molecule has 0 saturated heterocycles. The molecule has 0 amide bonds. The summed E-state index contributed by atoms with van der Waals surface area (Å²) in [5.41, 5.74) is 5.48. The molecule has 0 aliphatic rings. The number of para-hydroxylation sites is 1. The van der Waals surface area contributed by atoms with E-state index in [0.29, 0.717) is 17.9 Å². The van der Waals surface area contributed by atoms with Crippen LogP contribution in [0.15, 0.2) is 46.9 Å². The molecule has 4 heteroatoms. The predicted molar refractivity (Wildman–Crippen MR) is 132 cm³/mol. The van der Waals surface area contributed by atoms with E-state index in [1.54, 1.807) is 6.92 Å². The van der Waals surface area contributed by atoms with Crippen LogP contribution in [0.3, 0.4) is 0 Å². The molecule has 0 radical (unpaired) electrons. The van der Waals surface area contributed by atoms with Crippen LogP contribution in [-0.4, -0.2) is 17.7 Å². The smallest absolute Gasteiger partial charge is 0.328 e. The van der Waals surface area contributed by atoms with E-state index in [0.717, 1.165) is 33.4 Å². The molecular weight excluding hydrogens is 400 g/mol. The summed E-state index contributed by atoms with van der Waals surface area (Å²) in [5, 5.41) is 10.1. The van der Waals surface area contributed by atoms with Gasteiger partial charge >= 0.3 is 5.97 Å². The number of fused-ring (bicyclic) bond motifs is 1. The number of allylic oxidation sites excluding steroid dienone is 1. The van der Waals surface area contributed by atoms with Crippen molar-refractivity contribution >= 4 is 22.5 Å². The summed E-state index contributed by atoms with van der Waals surface area (Å²) in [4.78, 5) is 11.1. The molecule has 0 atom stereocenters. The lowest BCUT2D eigenvalue weighted by molar-refractivity contribution is -0.131. The van der Waals surface area contributed by atoms with Crippen molar-refractivity contribution in [1.82, 2.24) is 0 Å². The first-order valence-corrected chi connectivity index (χ1v) is 11.1. The lowest BCUT2D eigenvalue weighted by Gasteiger charge is -2.29. The van der Waals surface area contributed by atoms with Crippen LogP contribution in [0.5, 0.6) is 5.75 Å². The molecule has 4 nitrogen and oxygen atoms in total. The number of carbonyl (C=O) groups is 1. The summed E-state index contributed by atoms with van der Waals surface area (Å²) < 4.78 is 12.5. The van der Waals surface area contributed by atoms with Gasteiger partial charge in [0.2, 0.25) is 0 Å². The number of carboxylic acid groups (broad SMARTS) is 1. The average Bonchev–Trinajstić information content (AvgIpc) is 3.10. The molecule has 3 aromatic rings. The van der Waals surface area contributed by atoms with Gasteiger partial charge in [-0.25, -0.2) is 4.79 Å². The van der Waals surface area contributed by atoms with Crippen molar-refractivity contribution < 1.29 is 19.1 Å². The van der Waals surface area contributed by atoms with E-state index >= 15 is 0 Å². The van der Waals surface area contributed by atoms with Crippen LogP contribution in [0.25, 0.3) is 27.7 Å². The zero-order chi connectivity index (χ0) is 23.8. The molecule has 1 aromatic heterocycles. The van der Waals surface area contributed by atoms with Gasteiger partial charge in [-0.1, -0.05) is 65.8 Å². The van der Waals surface area contributed by atoms with Crippen LogP contribution in [0.1, 0.15) is 72.3 Å². The fourth-order valence-electron chi connectivity index (χ4n) is 3.84. The number of hydrogen-bond acceptors (Lipinski definition) is 3. The predicted octanol–water partition coefficient (Wildman–Crippen LogP) is 7.58. The zero-order valence-electron chi connectivity index (χ0n) is 20.4. The molecule has 170 valence electrons. The van der Waals surface area contributed by atoms with Gasteiger partial charge in [-0.3, -0.25) is 0 Å². The molecule has 2 aromatic carbocycles. The molecule has 0 bridgehead atoms. The third-order valence-corrected chi connectivity index (χ3v) is 5.61. The van der Waals surface area contributed by atoms with E-state index in [4.69, 9.17) is 14.3 Å². The maximum Gasteiger partial charge on any atom is 0.328 e. The number of furan rings is 1. The molecule has 0 unspecified atom stereocenters. The highest BCUT2D eigenvalue weighted by Gasteiger charge is 2.27. The highest BCUT2D eigenvalue weighted by molar-refractivity contribution is 5.97. The van der Waals surface area contributed by atoms with Gasteiger partial charge in [0.15, 0.2) is 0 Å². The van der Waals surface area contributed by atoms with E-state index in [2.05, 4.69) is 53.7 Å². The number of aliphatic carboxylic acids is 1. The zero-order valence-corrected chi connectivity index (χ0v) is 20.4. The first kappa shape index (κ1) is 23.6. The molecule has 0 spiro atoms. The Balaban J connectivity index is 2.37. The molecule has 32 heavy (non-hydrogen) atoms. The average molecular weight is 435 g/mol. The van der Waals surface area contributed by atoms with Crippen molar-refractivity contribution in [2.75, 3.05) is 6.61 Å². The second-order valence-corrected chi connectivity index (χ2v) is 10.3. The van der Waals surface area contributed by atoms with Gasteiger partial charge in [0.05, 0.1) is 6.61 Å². The Labute approximate surface area is 190 Å².